The van der Waals surface area contributed by atoms with Gasteiger partial charge in [-0.3, -0.25) is 14.9 Å². The number of benzene rings is 1. The third kappa shape index (κ3) is 3.89. The van der Waals surface area contributed by atoms with E-state index in [-0.39, 0.29) is 29.5 Å². The molecule has 1 unspecified atom stereocenters. The van der Waals surface area contributed by atoms with E-state index in [9.17, 15) is 14.9 Å². The number of nitrogens with zero attached hydrogens (tertiary/aromatic N) is 2. The van der Waals surface area contributed by atoms with E-state index >= 15 is 0 Å². The molecule has 7 heteroatoms. The number of nitro benzene ring substituents is 1. The zero-order valence-corrected chi connectivity index (χ0v) is 15.9. The molecular weight excluding hydrogens is 362 g/mol. The number of thiophene rings is 1. The second-order valence-electron chi connectivity index (χ2n) is 7.59. The molecule has 0 bridgehead atoms. The minimum atomic E-state index is -0.415. The normalized spacial score (nSPS) is 20.4. The molecule has 1 saturated heterocycles. The first kappa shape index (κ1) is 18.1. The van der Waals surface area contributed by atoms with Crippen LogP contribution in [-0.2, 0) is 17.8 Å². The van der Waals surface area contributed by atoms with Crippen molar-refractivity contribution in [2.24, 2.45) is 5.41 Å². The lowest BCUT2D eigenvalue weighted by Gasteiger charge is -2.29. The Kier molecular flexibility index (Phi) is 4.97. The van der Waals surface area contributed by atoms with Crippen molar-refractivity contribution in [1.29, 1.82) is 0 Å². The van der Waals surface area contributed by atoms with Gasteiger partial charge in [-0.2, -0.15) is 11.3 Å². The standard InChI is InChI=1S/C20H23N3O3S/c24-19(11-15-2-1-3-17(10-15)23(25)26)22(13-16-4-9-27-14-16)18-12-20(18)5-7-21-8-6-20/h1-4,9-10,14,18,21H,5-8,11-13H2. The van der Waals surface area contributed by atoms with Gasteiger partial charge in [0.1, 0.15) is 0 Å². The quantitative estimate of drug-likeness (QED) is 0.611. The van der Waals surface area contributed by atoms with Crippen LogP contribution < -0.4 is 5.32 Å². The van der Waals surface area contributed by atoms with Gasteiger partial charge in [0.2, 0.25) is 5.91 Å². The molecule has 0 radical (unpaired) electrons. The third-order valence-corrected chi connectivity index (χ3v) is 6.58. The van der Waals surface area contributed by atoms with Crippen molar-refractivity contribution in [1.82, 2.24) is 10.2 Å². The predicted molar refractivity (Wildman–Crippen MR) is 105 cm³/mol. The maximum Gasteiger partial charge on any atom is 0.269 e. The average Bonchev–Trinajstić information content (AvgIpc) is 3.09. The van der Waals surface area contributed by atoms with Crippen LogP contribution in [0.5, 0.6) is 0 Å². The maximum absolute atomic E-state index is 13.2. The molecule has 1 saturated carbocycles. The molecule has 1 aliphatic heterocycles. The van der Waals surface area contributed by atoms with Gasteiger partial charge in [-0.15, -0.1) is 0 Å². The van der Waals surface area contributed by atoms with E-state index in [0.29, 0.717) is 12.1 Å². The Bertz CT molecular complexity index is 831. The molecule has 4 rings (SSSR count). The highest BCUT2D eigenvalue weighted by atomic mass is 32.1. The second-order valence-corrected chi connectivity index (χ2v) is 8.37. The minimum absolute atomic E-state index is 0.0333. The largest absolute Gasteiger partial charge is 0.334 e. The van der Waals surface area contributed by atoms with E-state index in [4.69, 9.17) is 0 Å². The van der Waals surface area contributed by atoms with Crippen molar-refractivity contribution in [3.05, 3.63) is 62.3 Å². The summed E-state index contributed by atoms with van der Waals surface area (Å²) >= 11 is 1.64. The number of amides is 1. The van der Waals surface area contributed by atoms with Gasteiger partial charge in [-0.05, 0) is 65.7 Å². The topological polar surface area (TPSA) is 75.5 Å². The molecule has 2 aliphatic rings. The number of nitrogens with one attached hydrogen (secondary N) is 1. The lowest BCUT2D eigenvalue weighted by atomic mass is 9.93. The van der Waals surface area contributed by atoms with E-state index in [1.807, 2.05) is 10.3 Å². The summed E-state index contributed by atoms with van der Waals surface area (Å²) in [5, 5.41) is 18.5. The van der Waals surface area contributed by atoms with Crippen molar-refractivity contribution in [2.75, 3.05) is 13.1 Å². The molecule has 1 atom stereocenters. The van der Waals surface area contributed by atoms with Crippen LogP contribution >= 0.6 is 11.3 Å². The van der Waals surface area contributed by atoms with Crippen LogP contribution in [0.2, 0.25) is 0 Å². The molecule has 1 aromatic heterocycles. The number of hydrogen-bond donors (Lipinski definition) is 1. The number of hydrogen-bond acceptors (Lipinski definition) is 5. The molecule has 27 heavy (non-hydrogen) atoms. The van der Waals surface area contributed by atoms with Gasteiger partial charge < -0.3 is 10.2 Å². The van der Waals surface area contributed by atoms with Crippen LogP contribution in [0.4, 0.5) is 5.69 Å². The lowest BCUT2D eigenvalue weighted by Crippen LogP contribution is -2.39. The summed E-state index contributed by atoms with van der Waals surface area (Å²) in [6.45, 7) is 2.65. The zero-order valence-electron chi connectivity index (χ0n) is 15.1. The average molecular weight is 385 g/mol. The first-order valence-corrected chi connectivity index (χ1v) is 10.3. The first-order valence-electron chi connectivity index (χ1n) is 9.32. The van der Waals surface area contributed by atoms with Crippen molar-refractivity contribution in [2.45, 2.75) is 38.3 Å². The summed E-state index contributed by atoms with van der Waals surface area (Å²) in [6.07, 6.45) is 3.50. The fraction of sp³-hybridized carbons (Fsp3) is 0.450. The van der Waals surface area contributed by atoms with Gasteiger partial charge >= 0.3 is 0 Å². The maximum atomic E-state index is 13.2. The summed E-state index contributed by atoms with van der Waals surface area (Å²) in [6, 6.07) is 8.76. The van der Waals surface area contributed by atoms with Crippen LogP contribution in [-0.4, -0.2) is 34.9 Å². The first-order chi connectivity index (χ1) is 13.1. The summed E-state index contributed by atoms with van der Waals surface area (Å²) < 4.78 is 0. The Morgan fingerprint density at radius 3 is 2.81 bits per heavy atom. The number of piperidine rings is 1. The van der Waals surface area contributed by atoms with Gasteiger partial charge in [0, 0.05) is 24.7 Å². The second kappa shape index (κ2) is 7.40. The SMILES string of the molecule is O=C(Cc1cccc([N+](=O)[O-])c1)N(Cc1ccsc1)C1CC12CCNCC2. The number of nitro groups is 1. The Labute approximate surface area is 162 Å². The monoisotopic (exact) mass is 385 g/mol. The minimum Gasteiger partial charge on any atom is -0.334 e. The Morgan fingerprint density at radius 1 is 1.30 bits per heavy atom. The smallest absolute Gasteiger partial charge is 0.269 e. The summed E-state index contributed by atoms with van der Waals surface area (Å²) in [7, 11) is 0. The molecule has 2 aromatic rings. The van der Waals surface area contributed by atoms with Crippen molar-refractivity contribution >= 4 is 22.9 Å². The molecule has 2 fully saturated rings. The third-order valence-electron chi connectivity index (χ3n) is 5.85. The fourth-order valence-corrected chi connectivity index (χ4v) is 4.90. The fourth-order valence-electron chi connectivity index (χ4n) is 4.24. The molecule has 1 aliphatic carbocycles. The molecule has 1 aromatic carbocycles. The summed E-state index contributed by atoms with van der Waals surface area (Å²) in [5.41, 5.74) is 2.15. The van der Waals surface area contributed by atoms with Crippen LogP contribution in [0.1, 0.15) is 30.4 Å². The van der Waals surface area contributed by atoms with E-state index in [1.165, 1.54) is 12.1 Å². The lowest BCUT2D eigenvalue weighted by molar-refractivity contribution is -0.384. The van der Waals surface area contributed by atoms with Gasteiger partial charge in [-0.25, -0.2) is 0 Å². The Hall–Kier alpha value is -2.25. The molecule has 6 nitrogen and oxygen atoms in total. The van der Waals surface area contributed by atoms with Gasteiger partial charge in [0.15, 0.2) is 0 Å². The van der Waals surface area contributed by atoms with E-state index < -0.39 is 4.92 Å². The van der Waals surface area contributed by atoms with Gasteiger partial charge in [0.25, 0.3) is 5.69 Å². The van der Waals surface area contributed by atoms with Gasteiger partial charge in [-0.1, -0.05) is 12.1 Å². The van der Waals surface area contributed by atoms with E-state index in [1.54, 1.807) is 23.5 Å². The predicted octanol–water partition coefficient (Wildman–Crippen LogP) is 3.37. The van der Waals surface area contributed by atoms with Crippen LogP contribution in [0, 0.1) is 15.5 Å². The molecule has 1 spiro atoms. The molecule has 2 heterocycles. The van der Waals surface area contributed by atoms with Crippen LogP contribution in [0.25, 0.3) is 0 Å². The Balaban J connectivity index is 1.52. The van der Waals surface area contributed by atoms with E-state index in [0.717, 1.165) is 37.9 Å². The number of non-ortho nitro benzene ring substituents is 1. The number of carbonyl (C=O) groups is 1. The summed E-state index contributed by atoms with van der Waals surface area (Å²) in [5.74, 6) is 0.0575. The van der Waals surface area contributed by atoms with Crippen molar-refractivity contribution < 1.29 is 9.72 Å². The molecule has 142 valence electrons. The van der Waals surface area contributed by atoms with Crippen molar-refractivity contribution in [3.8, 4) is 0 Å². The van der Waals surface area contributed by atoms with Gasteiger partial charge in [0.05, 0.1) is 11.3 Å². The van der Waals surface area contributed by atoms with Crippen LogP contribution in [0.15, 0.2) is 41.1 Å². The number of carbonyl (C=O) groups excluding carboxylic acids is 1. The van der Waals surface area contributed by atoms with E-state index in [2.05, 4.69) is 16.8 Å². The number of rotatable bonds is 6. The Morgan fingerprint density at radius 2 is 2.11 bits per heavy atom. The molecular formula is C20H23N3O3S. The summed E-state index contributed by atoms with van der Waals surface area (Å²) in [4.78, 5) is 25.8. The zero-order chi connectivity index (χ0) is 18.9. The van der Waals surface area contributed by atoms with Crippen LogP contribution in [0.3, 0.4) is 0 Å². The highest BCUT2D eigenvalue weighted by molar-refractivity contribution is 7.07. The highest BCUT2D eigenvalue weighted by Crippen LogP contribution is 2.56. The highest BCUT2D eigenvalue weighted by Gasteiger charge is 2.57. The van der Waals surface area contributed by atoms with Crippen molar-refractivity contribution in [3.63, 3.8) is 0 Å². The molecule has 1 amide bonds. The molecule has 1 N–H and O–H groups in total.